The number of hydrogen-bond acceptors (Lipinski definition) is 4. The molecule has 1 atom stereocenters. The molecule has 1 fully saturated rings. The third-order valence-corrected chi connectivity index (χ3v) is 4.91. The maximum atomic E-state index is 9.77. The van der Waals surface area contributed by atoms with E-state index in [-0.39, 0.29) is 6.10 Å². The van der Waals surface area contributed by atoms with Crippen LogP contribution in [0.25, 0.3) is 0 Å². The summed E-state index contributed by atoms with van der Waals surface area (Å²) < 4.78 is 0. The highest BCUT2D eigenvalue weighted by Crippen LogP contribution is 2.12. The third kappa shape index (κ3) is 6.52. The summed E-state index contributed by atoms with van der Waals surface area (Å²) in [6, 6.07) is 8.71. The lowest BCUT2D eigenvalue weighted by Crippen LogP contribution is -2.39. The van der Waals surface area contributed by atoms with E-state index in [1.165, 1.54) is 24.1 Å². The van der Waals surface area contributed by atoms with Crippen molar-refractivity contribution in [2.75, 3.05) is 52.4 Å². The molecular weight excluding hydrogens is 298 g/mol. The summed E-state index contributed by atoms with van der Waals surface area (Å²) in [5.41, 5.74) is 2.81. The van der Waals surface area contributed by atoms with E-state index in [1.807, 2.05) is 6.92 Å². The minimum absolute atomic E-state index is 0.254. The Morgan fingerprint density at radius 1 is 0.958 bits per heavy atom. The summed E-state index contributed by atoms with van der Waals surface area (Å²) in [7, 11) is 0. The van der Waals surface area contributed by atoms with Crippen molar-refractivity contribution < 1.29 is 5.11 Å². The van der Waals surface area contributed by atoms with Gasteiger partial charge in [0.1, 0.15) is 0 Å². The highest BCUT2D eigenvalue weighted by molar-refractivity contribution is 5.25. The molecule has 136 valence electrons. The smallest absolute Gasteiger partial charge is 0.0639 e. The molecule has 1 saturated heterocycles. The van der Waals surface area contributed by atoms with Crippen LogP contribution in [0.3, 0.4) is 0 Å². The van der Waals surface area contributed by atoms with Gasteiger partial charge < -0.3 is 10.0 Å². The minimum atomic E-state index is -0.254. The number of β-amino-alcohol motifs (C(OH)–C–C–N with tert-alkyl or cyclic N) is 1. The number of hydrogen-bond donors (Lipinski definition) is 1. The van der Waals surface area contributed by atoms with Crippen LogP contribution in [-0.4, -0.2) is 78.3 Å². The Morgan fingerprint density at radius 2 is 1.54 bits per heavy atom. The average molecular weight is 334 g/mol. The molecule has 1 N–H and O–H groups in total. The molecule has 4 nitrogen and oxygen atoms in total. The van der Waals surface area contributed by atoms with Gasteiger partial charge in [0.2, 0.25) is 0 Å². The second-order valence-electron chi connectivity index (χ2n) is 7.19. The van der Waals surface area contributed by atoms with Crippen LogP contribution < -0.4 is 0 Å². The maximum Gasteiger partial charge on any atom is 0.0639 e. The predicted octanol–water partition coefficient (Wildman–Crippen LogP) is 2.21. The van der Waals surface area contributed by atoms with Gasteiger partial charge in [0, 0.05) is 52.4 Å². The molecule has 0 amide bonds. The van der Waals surface area contributed by atoms with Crippen LogP contribution >= 0.6 is 0 Å². The van der Waals surface area contributed by atoms with Gasteiger partial charge in [-0.15, -0.1) is 0 Å². The van der Waals surface area contributed by atoms with Gasteiger partial charge in [-0.1, -0.05) is 31.2 Å². The maximum absolute atomic E-state index is 9.77. The summed E-state index contributed by atoms with van der Waals surface area (Å²) in [6.45, 7) is 15.9. The van der Waals surface area contributed by atoms with E-state index in [9.17, 15) is 5.11 Å². The molecule has 1 heterocycles. The molecule has 0 saturated carbocycles. The van der Waals surface area contributed by atoms with Gasteiger partial charge >= 0.3 is 0 Å². The minimum Gasteiger partial charge on any atom is -0.392 e. The van der Waals surface area contributed by atoms with Gasteiger partial charge in [0.15, 0.2) is 0 Å². The molecule has 1 aromatic carbocycles. The molecule has 1 aliphatic rings. The molecule has 0 aromatic heterocycles. The third-order valence-electron chi connectivity index (χ3n) is 4.91. The van der Waals surface area contributed by atoms with E-state index in [4.69, 9.17) is 0 Å². The monoisotopic (exact) mass is 333 g/mol. The van der Waals surface area contributed by atoms with E-state index in [1.54, 1.807) is 0 Å². The number of nitrogens with zero attached hydrogens (tertiary/aromatic N) is 3. The largest absolute Gasteiger partial charge is 0.392 e. The first-order chi connectivity index (χ1) is 11.6. The molecule has 0 spiro atoms. The van der Waals surface area contributed by atoms with Crippen LogP contribution in [0.15, 0.2) is 24.3 Å². The number of aliphatic hydroxyl groups excluding tert-OH is 1. The zero-order chi connectivity index (χ0) is 17.4. The number of aryl methyl sites for hydroxylation is 1. The average Bonchev–Trinajstić information content (AvgIpc) is 2.63. The molecule has 0 bridgehead atoms. The van der Waals surface area contributed by atoms with Crippen molar-refractivity contribution in [1.29, 1.82) is 0 Å². The van der Waals surface area contributed by atoms with Crippen molar-refractivity contribution in [3.63, 3.8) is 0 Å². The second kappa shape index (κ2) is 10.1. The van der Waals surface area contributed by atoms with Gasteiger partial charge in [-0.2, -0.15) is 0 Å². The fraction of sp³-hybridized carbons (Fsp3) is 0.700. The molecule has 0 aliphatic carbocycles. The normalized spacial score (nSPS) is 20.3. The Bertz CT molecular complexity index is 478. The molecule has 1 unspecified atom stereocenters. The molecule has 2 rings (SSSR count). The summed E-state index contributed by atoms with van der Waals surface area (Å²) in [6.07, 6.45) is 0.948. The van der Waals surface area contributed by atoms with Crippen molar-refractivity contribution in [1.82, 2.24) is 14.7 Å². The van der Waals surface area contributed by atoms with Crippen LogP contribution in [0.4, 0.5) is 0 Å². The second-order valence-corrected chi connectivity index (χ2v) is 7.19. The Balaban J connectivity index is 2.02. The van der Waals surface area contributed by atoms with E-state index < -0.39 is 0 Å². The highest BCUT2D eigenvalue weighted by Gasteiger charge is 2.17. The molecule has 4 heteroatoms. The van der Waals surface area contributed by atoms with Crippen LogP contribution in [0.2, 0.25) is 0 Å². The topological polar surface area (TPSA) is 30.0 Å². The number of aliphatic hydroxyl groups is 1. The van der Waals surface area contributed by atoms with Gasteiger partial charge in [-0.05, 0) is 37.9 Å². The molecular formula is C20H35N3O. The SMILES string of the molecule is CCCN1CCN(Cc2ccccc2C)CCN(CC(C)O)CC1. The first-order valence-corrected chi connectivity index (χ1v) is 9.48. The summed E-state index contributed by atoms with van der Waals surface area (Å²) in [4.78, 5) is 7.57. The fourth-order valence-corrected chi connectivity index (χ4v) is 3.47. The number of rotatable bonds is 6. The summed E-state index contributed by atoms with van der Waals surface area (Å²) in [5.74, 6) is 0. The van der Waals surface area contributed by atoms with Crippen molar-refractivity contribution in [3.05, 3.63) is 35.4 Å². The van der Waals surface area contributed by atoms with Gasteiger partial charge in [-0.3, -0.25) is 9.80 Å². The lowest BCUT2D eigenvalue weighted by atomic mass is 10.1. The predicted molar refractivity (Wildman–Crippen MR) is 101 cm³/mol. The van der Waals surface area contributed by atoms with E-state index in [2.05, 4.69) is 52.8 Å². The van der Waals surface area contributed by atoms with Crippen molar-refractivity contribution in [2.45, 2.75) is 39.8 Å². The molecule has 1 aromatic rings. The van der Waals surface area contributed by atoms with Crippen LogP contribution in [0.1, 0.15) is 31.4 Å². The zero-order valence-electron chi connectivity index (χ0n) is 15.7. The van der Waals surface area contributed by atoms with Crippen LogP contribution in [0, 0.1) is 6.92 Å². The molecule has 0 radical (unpaired) electrons. The number of benzene rings is 1. The van der Waals surface area contributed by atoms with E-state index >= 15 is 0 Å². The van der Waals surface area contributed by atoms with Gasteiger partial charge in [0.25, 0.3) is 0 Å². The fourth-order valence-electron chi connectivity index (χ4n) is 3.47. The summed E-state index contributed by atoms with van der Waals surface area (Å²) in [5, 5.41) is 9.77. The Labute approximate surface area is 148 Å². The van der Waals surface area contributed by atoms with Crippen molar-refractivity contribution >= 4 is 0 Å². The standard InChI is InChI=1S/C20H35N3O/c1-4-9-21-10-12-22(16-19(3)24)14-15-23(13-11-21)17-20-8-6-5-7-18(20)2/h5-8,19,24H,4,9-17H2,1-3H3. The van der Waals surface area contributed by atoms with Crippen molar-refractivity contribution in [2.24, 2.45) is 0 Å². The lowest BCUT2D eigenvalue weighted by Gasteiger charge is -2.27. The zero-order valence-corrected chi connectivity index (χ0v) is 15.7. The van der Waals surface area contributed by atoms with E-state index in [0.29, 0.717) is 0 Å². The first-order valence-electron chi connectivity index (χ1n) is 9.48. The molecule has 24 heavy (non-hydrogen) atoms. The summed E-state index contributed by atoms with van der Waals surface area (Å²) >= 11 is 0. The van der Waals surface area contributed by atoms with Gasteiger partial charge in [-0.25, -0.2) is 0 Å². The molecule has 1 aliphatic heterocycles. The first kappa shape index (κ1) is 19.4. The highest BCUT2D eigenvalue weighted by atomic mass is 16.3. The Kier molecular flexibility index (Phi) is 8.19. The Morgan fingerprint density at radius 3 is 2.12 bits per heavy atom. The van der Waals surface area contributed by atoms with Crippen LogP contribution in [0.5, 0.6) is 0 Å². The quantitative estimate of drug-likeness (QED) is 0.864. The van der Waals surface area contributed by atoms with Gasteiger partial charge in [0.05, 0.1) is 6.10 Å². The lowest BCUT2D eigenvalue weighted by molar-refractivity contribution is 0.116. The van der Waals surface area contributed by atoms with Crippen LogP contribution in [-0.2, 0) is 6.54 Å². The van der Waals surface area contributed by atoms with Crippen molar-refractivity contribution in [3.8, 4) is 0 Å². The van der Waals surface area contributed by atoms with E-state index in [0.717, 1.165) is 52.4 Å². The Hall–Kier alpha value is -0.940.